The van der Waals surface area contributed by atoms with Gasteiger partial charge in [-0.05, 0) is 0 Å². The average molecular weight is 233 g/mol. The van der Waals surface area contributed by atoms with E-state index >= 15 is 0 Å². The fourth-order valence-electron chi connectivity index (χ4n) is 0.946. The molecular weight excluding hydrogens is 224 g/mol. The standard InChI is InChI=1S/C9H9ClO3S/c10-7-14(12,13)6-9(11)8-4-2-1-3-5-8/h1-5H,6-7H2. The lowest BCUT2D eigenvalue weighted by atomic mass is 10.2. The van der Waals surface area contributed by atoms with Crippen molar-refractivity contribution in [2.75, 3.05) is 11.0 Å². The van der Waals surface area contributed by atoms with Crippen LogP contribution < -0.4 is 0 Å². The summed E-state index contributed by atoms with van der Waals surface area (Å²) < 4.78 is 22.1. The molecular formula is C9H9ClO3S. The van der Waals surface area contributed by atoms with Gasteiger partial charge in [0.2, 0.25) is 0 Å². The fraction of sp³-hybridized carbons (Fsp3) is 0.222. The van der Waals surface area contributed by atoms with Gasteiger partial charge in [-0.2, -0.15) is 0 Å². The molecule has 0 amide bonds. The topological polar surface area (TPSA) is 51.2 Å². The first-order chi connectivity index (χ1) is 6.55. The summed E-state index contributed by atoms with van der Waals surface area (Å²) in [6, 6.07) is 8.27. The Kier molecular flexibility index (Phi) is 3.66. The Morgan fingerprint density at radius 3 is 2.29 bits per heavy atom. The van der Waals surface area contributed by atoms with Crippen molar-refractivity contribution in [3.63, 3.8) is 0 Å². The zero-order valence-corrected chi connectivity index (χ0v) is 8.88. The van der Waals surface area contributed by atoms with Crippen molar-refractivity contribution in [1.29, 1.82) is 0 Å². The highest BCUT2D eigenvalue weighted by Crippen LogP contribution is 2.03. The quantitative estimate of drug-likeness (QED) is 0.584. The number of rotatable bonds is 4. The fourth-order valence-corrected chi connectivity index (χ4v) is 1.82. The SMILES string of the molecule is O=C(CS(=O)(=O)CCl)c1ccccc1. The van der Waals surface area contributed by atoms with Gasteiger partial charge in [-0.25, -0.2) is 8.42 Å². The zero-order valence-electron chi connectivity index (χ0n) is 7.31. The number of carbonyl (C=O) groups is 1. The molecule has 0 N–H and O–H groups in total. The number of alkyl halides is 1. The Bertz CT molecular complexity index is 411. The molecule has 1 aromatic carbocycles. The third kappa shape index (κ3) is 3.12. The van der Waals surface area contributed by atoms with E-state index in [-0.39, 0.29) is 0 Å². The van der Waals surface area contributed by atoms with Crippen molar-refractivity contribution >= 4 is 27.2 Å². The molecule has 0 bridgehead atoms. The summed E-state index contributed by atoms with van der Waals surface area (Å²) in [7, 11) is -3.45. The van der Waals surface area contributed by atoms with Crippen LogP contribution >= 0.6 is 11.6 Å². The lowest BCUT2D eigenvalue weighted by Gasteiger charge is -1.99. The first-order valence-corrected chi connectivity index (χ1v) is 6.25. The number of Topliss-reactive ketones (excluding diaryl/α,β-unsaturated/α-hetero) is 1. The number of ketones is 1. The van der Waals surface area contributed by atoms with Crippen LogP contribution in [0.2, 0.25) is 0 Å². The number of sulfone groups is 1. The van der Waals surface area contributed by atoms with Gasteiger partial charge in [0.1, 0.15) is 11.0 Å². The molecule has 0 unspecified atom stereocenters. The van der Waals surface area contributed by atoms with Crippen LogP contribution in [0.1, 0.15) is 10.4 Å². The summed E-state index contributed by atoms with van der Waals surface area (Å²) in [5.74, 6) is -0.952. The van der Waals surface area contributed by atoms with E-state index in [1.54, 1.807) is 30.3 Å². The van der Waals surface area contributed by atoms with Crippen LogP contribution in [0.3, 0.4) is 0 Å². The zero-order chi connectivity index (χ0) is 10.6. The summed E-state index contributed by atoms with van der Waals surface area (Å²) in [5, 5.41) is -0.522. The number of carbonyl (C=O) groups excluding carboxylic acids is 1. The van der Waals surface area contributed by atoms with Crippen LogP contribution in [0.15, 0.2) is 30.3 Å². The van der Waals surface area contributed by atoms with Crippen molar-refractivity contribution in [2.24, 2.45) is 0 Å². The highest BCUT2D eigenvalue weighted by atomic mass is 35.5. The normalized spacial score (nSPS) is 11.2. The molecule has 0 aliphatic rings. The molecule has 14 heavy (non-hydrogen) atoms. The smallest absolute Gasteiger partial charge is 0.177 e. The average Bonchev–Trinajstić information content (AvgIpc) is 2.19. The Morgan fingerprint density at radius 2 is 1.79 bits per heavy atom. The Balaban J connectivity index is 2.79. The molecule has 0 aromatic heterocycles. The summed E-state index contributed by atoms with van der Waals surface area (Å²) >= 11 is 5.18. The molecule has 1 aromatic rings. The maximum Gasteiger partial charge on any atom is 0.177 e. The van der Waals surface area contributed by atoms with Crippen molar-refractivity contribution in [3.05, 3.63) is 35.9 Å². The van der Waals surface area contributed by atoms with E-state index in [4.69, 9.17) is 11.6 Å². The summed E-state index contributed by atoms with van der Waals surface area (Å²) in [4.78, 5) is 11.4. The van der Waals surface area contributed by atoms with Gasteiger partial charge >= 0.3 is 0 Å². The highest BCUT2D eigenvalue weighted by Gasteiger charge is 2.16. The molecule has 0 radical (unpaired) electrons. The highest BCUT2D eigenvalue weighted by molar-refractivity contribution is 7.93. The van der Waals surface area contributed by atoms with Crippen molar-refractivity contribution in [1.82, 2.24) is 0 Å². The molecule has 1 rings (SSSR count). The van der Waals surface area contributed by atoms with Crippen LogP contribution in [-0.4, -0.2) is 25.2 Å². The van der Waals surface area contributed by atoms with Gasteiger partial charge in [-0.1, -0.05) is 30.3 Å². The lowest BCUT2D eigenvalue weighted by Crippen LogP contribution is -2.16. The minimum Gasteiger partial charge on any atom is -0.293 e. The maximum atomic E-state index is 11.4. The van der Waals surface area contributed by atoms with Crippen LogP contribution in [0.5, 0.6) is 0 Å². The van der Waals surface area contributed by atoms with Crippen LogP contribution in [0, 0.1) is 0 Å². The van der Waals surface area contributed by atoms with Gasteiger partial charge in [0, 0.05) is 5.56 Å². The lowest BCUT2D eigenvalue weighted by molar-refractivity contribution is 0.102. The Labute approximate surface area is 87.6 Å². The summed E-state index contributed by atoms with van der Waals surface area (Å²) in [6.07, 6.45) is 0. The number of hydrogen-bond donors (Lipinski definition) is 0. The molecule has 0 saturated carbocycles. The second-order valence-electron chi connectivity index (χ2n) is 2.79. The van der Waals surface area contributed by atoms with E-state index in [1.807, 2.05) is 0 Å². The van der Waals surface area contributed by atoms with E-state index in [2.05, 4.69) is 0 Å². The number of hydrogen-bond acceptors (Lipinski definition) is 3. The molecule has 3 nitrogen and oxygen atoms in total. The van der Waals surface area contributed by atoms with E-state index in [9.17, 15) is 13.2 Å². The largest absolute Gasteiger partial charge is 0.293 e. The van der Waals surface area contributed by atoms with Gasteiger partial charge in [0.15, 0.2) is 15.6 Å². The second kappa shape index (κ2) is 4.57. The van der Waals surface area contributed by atoms with E-state index in [1.165, 1.54) is 0 Å². The number of benzene rings is 1. The minimum absolute atomic E-state index is 0.390. The van der Waals surface area contributed by atoms with Crippen molar-refractivity contribution in [3.8, 4) is 0 Å². The molecule has 0 spiro atoms. The monoisotopic (exact) mass is 232 g/mol. The van der Waals surface area contributed by atoms with E-state index < -0.39 is 26.6 Å². The second-order valence-corrected chi connectivity index (χ2v) is 5.43. The molecule has 76 valence electrons. The Hall–Kier alpha value is -0.870. The van der Waals surface area contributed by atoms with E-state index in [0.717, 1.165) is 0 Å². The molecule has 0 atom stereocenters. The maximum absolute atomic E-state index is 11.4. The predicted molar refractivity (Wildman–Crippen MR) is 55.3 cm³/mol. The van der Waals surface area contributed by atoms with Crippen LogP contribution in [0.4, 0.5) is 0 Å². The molecule has 0 heterocycles. The first kappa shape index (κ1) is 11.2. The van der Waals surface area contributed by atoms with Crippen molar-refractivity contribution in [2.45, 2.75) is 0 Å². The van der Waals surface area contributed by atoms with Gasteiger partial charge in [-0.15, -0.1) is 11.6 Å². The number of halogens is 1. The van der Waals surface area contributed by atoms with Crippen LogP contribution in [-0.2, 0) is 9.84 Å². The van der Waals surface area contributed by atoms with Crippen molar-refractivity contribution < 1.29 is 13.2 Å². The molecule has 0 aliphatic carbocycles. The van der Waals surface area contributed by atoms with Crippen LogP contribution in [0.25, 0.3) is 0 Å². The molecule has 0 saturated heterocycles. The van der Waals surface area contributed by atoms with Gasteiger partial charge in [-0.3, -0.25) is 4.79 Å². The molecule has 0 aliphatic heterocycles. The third-order valence-corrected chi connectivity index (χ3v) is 3.64. The third-order valence-electron chi connectivity index (χ3n) is 1.61. The minimum atomic E-state index is -3.45. The Morgan fingerprint density at radius 1 is 1.21 bits per heavy atom. The summed E-state index contributed by atoms with van der Waals surface area (Å²) in [6.45, 7) is 0. The van der Waals surface area contributed by atoms with E-state index in [0.29, 0.717) is 5.56 Å². The van der Waals surface area contributed by atoms with Gasteiger partial charge in [0.05, 0.1) is 0 Å². The summed E-state index contributed by atoms with van der Waals surface area (Å²) in [5.41, 5.74) is 0.390. The van der Waals surface area contributed by atoms with Gasteiger partial charge < -0.3 is 0 Å². The predicted octanol–water partition coefficient (Wildman–Crippen LogP) is 1.48. The van der Waals surface area contributed by atoms with Gasteiger partial charge in [0.25, 0.3) is 0 Å². The molecule has 5 heteroatoms. The first-order valence-electron chi connectivity index (χ1n) is 3.90. The molecule has 0 fully saturated rings.